The lowest BCUT2D eigenvalue weighted by molar-refractivity contribution is 0.102. The van der Waals surface area contributed by atoms with Crippen molar-refractivity contribution < 1.29 is 13.6 Å². The Morgan fingerprint density at radius 2 is 2.20 bits per heavy atom. The van der Waals surface area contributed by atoms with E-state index < -0.39 is 11.7 Å². The molecule has 0 aliphatic carbocycles. The molecule has 20 heavy (non-hydrogen) atoms. The van der Waals surface area contributed by atoms with Crippen molar-refractivity contribution in [1.82, 2.24) is 10.2 Å². The van der Waals surface area contributed by atoms with Crippen molar-refractivity contribution in [2.45, 2.75) is 24.0 Å². The van der Waals surface area contributed by atoms with Gasteiger partial charge >= 0.3 is 0 Å². The molecule has 0 bridgehead atoms. The highest BCUT2D eigenvalue weighted by Crippen LogP contribution is 2.28. The molecule has 0 atom stereocenters. The molecule has 106 valence electrons. The summed E-state index contributed by atoms with van der Waals surface area (Å²) in [5.74, 6) is -2.51. The number of H-pyrrole nitrogens is 1. The van der Waals surface area contributed by atoms with Crippen molar-refractivity contribution in [1.29, 1.82) is 0 Å². The lowest BCUT2D eigenvalue weighted by atomic mass is 10.2. The van der Waals surface area contributed by atoms with Gasteiger partial charge in [0.1, 0.15) is 5.82 Å². The van der Waals surface area contributed by atoms with Crippen LogP contribution in [0.1, 0.15) is 22.8 Å². The topological polar surface area (TPSA) is 57.8 Å². The van der Waals surface area contributed by atoms with E-state index >= 15 is 0 Å². The first-order chi connectivity index (χ1) is 9.61. The number of anilines is 1. The first-order valence-electron chi connectivity index (χ1n) is 5.99. The average Bonchev–Trinajstić information content (AvgIpc) is 2.85. The monoisotopic (exact) mass is 297 g/mol. The number of hydrogen-bond acceptors (Lipinski definition) is 3. The second kappa shape index (κ2) is 6.51. The van der Waals surface area contributed by atoms with Gasteiger partial charge in [-0.25, -0.2) is 0 Å². The van der Waals surface area contributed by atoms with Crippen LogP contribution in [-0.2, 0) is 6.42 Å². The molecule has 0 saturated carbocycles. The first kappa shape index (κ1) is 14.5. The Balaban J connectivity index is 2.21. The lowest BCUT2D eigenvalue weighted by Gasteiger charge is -2.09. The van der Waals surface area contributed by atoms with E-state index in [4.69, 9.17) is 0 Å². The number of aryl methyl sites for hydroxylation is 1. The van der Waals surface area contributed by atoms with Crippen LogP contribution in [0.25, 0.3) is 0 Å². The van der Waals surface area contributed by atoms with Crippen LogP contribution < -0.4 is 5.32 Å². The molecule has 0 aliphatic heterocycles. The second-order valence-electron chi connectivity index (χ2n) is 3.95. The average molecular weight is 297 g/mol. The number of thioether (sulfide) groups is 1. The smallest absolute Gasteiger partial charge is 0.288 e. The SMILES string of the molecule is CCc1cn[nH]c1NC(=O)c1ccccc1SC(F)F. The molecular formula is C13H13F2N3OS. The quantitative estimate of drug-likeness (QED) is 0.830. The third-order valence-corrected chi connectivity index (χ3v) is 3.47. The number of alkyl halides is 2. The minimum Gasteiger partial charge on any atom is -0.307 e. The van der Waals surface area contributed by atoms with Crippen LogP contribution in [0.15, 0.2) is 35.4 Å². The number of amides is 1. The third kappa shape index (κ3) is 3.36. The van der Waals surface area contributed by atoms with Gasteiger partial charge in [-0.2, -0.15) is 13.9 Å². The van der Waals surface area contributed by atoms with Gasteiger partial charge in [0.25, 0.3) is 11.7 Å². The van der Waals surface area contributed by atoms with Crippen LogP contribution >= 0.6 is 11.8 Å². The zero-order valence-electron chi connectivity index (χ0n) is 10.7. The highest BCUT2D eigenvalue weighted by atomic mass is 32.2. The summed E-state index contributed by atoms with van der Waals surface area (Å²) in [6.45, 7) is 1.93. The molecule has 7 heteroatoms. The number of aromatic nitrogens is 2. The number of hydrogen-bond donors (Lipinski definition) is 2. The number of nitrogens with zero attached hydrogens (tertiary/aromatic N) is 1. The maximum absolute atomic E-state index is 12.5. The Labute approximate surface area is 119 Å². The van der Waals surface area contributed by atoms with Gasteiger partial charge in [0.2, 0.25) is 0 Å². The third-order valence-electron chi connectivity index (χ3n) is 2.69. The van der Waals surface area contributed by atoms with E-state index in [0.717, 1.165) is 5.56 Å². The van der Waals surface area contributed by atoms with E-state index in [2.05, 4.69) is 15.5 Å². The molecule has 2 rings (SSSR count). The van der Waals surface area contributed by atoms with Gasteiger partial charge in [0, 0.05) is 10.5 Å². The van der Waals surface area contributed by atoms with E-state index in [0.29, 0.717) is 24.0 Å². The summed E-state index contributed by atoms with van der Waals surface area (Å²) in [4.78, 5) is 12.4. The highest BCUT2D eigenvalue weighted by Gasteiger charge is 2.16. The van der Waals surface area contributed by atoms with Gasteiger partial charge < -0.3 is 5.32 Å². The Hall–Kier alpha value is -1.89. The fourth-order valence-corrected chi connectivity index (χ4v) is 2.36. The van der Waals surface area contributed by atoms with Crippen LogP contribution in [0, 0.1) is 0 Å². The van der Waals surface area contributed by atoms with Crippen LogP contribution in [0.2, 0.25) is 0 Å². The zero-order valence-corrected chi connectivity index (χ0v) is 11.5. The summed E-state index contributed by atoms with van der Waals surface area (Å²) in [6, 6.07) is 6.27. The minimum atomic E-state index is -2.57. The standard InChI is InChI=1S/C13H13F2N3OS/c1-2-8-7-16-18-11(8)17-12(19)9-5-3-4-6-10(9)20-13(14)15/h3-7,13H,2H2,1H3,(H2,16,17,18,19). The van der Waals surface area contributed by atoms with E-state index in [1.165, 1.54) is 12.1 Å². The molecule has 4 nitrogen and oxygen atoms in total. The first-order valence-corrected chi connectivity index (χ1v) is 6.87. The fourth-order valence-electron chi connectivity index (χ4n) is 1.72. The Bertz CT molecular complexity index is 601. The molecule has 0 aliphatic rings. The minimum absolute atomic E-state index is 0.217. The summed E-state index contributed by atoms with van der Waals surface area (Å²) < 4.78 is 25.0. The van der Waals surface area contributed by atoms with Gasteiger partial charge in [-0.1, -0.05) is 30.8 Å². The normalized spacial score (nSPS) is 10.8. The zero-order chi connectivity index (χ0) is 14.5. The van der Waals surface area contributed by atoms with Crippen LogP contribution in [0.5, 0.6) is 0 Å². The maximum Gasteiger partial charge on any atom is 0.288 e. The number of aromatic amines is 1. The van der Waals surface area contributed by atoms with Crippen molar-refractivity contribution in [3.8, 4) is 0 Å². The number of nitrogens with one attached hydrogen (secondary N) is 2. The van der Waals surface area contributed by atoms with Crippen LogP contribution in [0.3, 0.4) is 0 Å². The van der Waals surface area contributed by atoms with E-state index in [1.807, 2.05) is 6.92 Å². The molecule has 2 N–H and O–H groups in total. The predicted octanol–water partition coefficient (Wildman–Crippen LogP) is 3.54. The number of rotatable bonds is 5. The summed E-state index contributed by atoms with van der Waals surface area (Å²) >= 11 is 0.356. The summed E-state index contributed by atoms with van der Waals surface area (Å²) in [7, 11) is 0. The fraction of sp³-hybridized carbons (Fsp3) is 0.231. The molecule has 1 heterocycles. The van der Waals surface area contributed by atoms with Gasteiger partial charge in [-0.15, -0.1) is 0 Å². The number of carbonyl (C=O) groups excluding carboxylic acids is 1. The molecule has 0 unspecified atom stereocenters. The number of benzene rings is 1. The second-order valence-corrected chi connectivity index (χ2v) is 4.98. The summed E-state index contributed by atoms with van der Waals surface area (Å²) in [5, 5.41) is 9.18. The molecule has 2 aromatic rings. The molecule has 1 aromatic carbocycles. The van der Waals surface area contributed by atoms with Crippen molar-refractivity contribution in [3.05, 3.63) is 41.6 Å². The molecule has 0 radical (unpaired) electrons. The Morgan fingerprint density at radius 3 is 2.90 bits per heavy atom. The summed E-state index contributed by atoms with van der Waals surface area (Å²) in [5.41, 5.74) is 1.08. The van der Waals surface area contributed by atoms with Crippen molar-refractivity contribution >= 4 is 23.5 Å². The van der Waals surface area contributed by atoms with Crippen molar-refractivity contribution in [2.24, 2.45) is 0 Å². The number of carbonyl (C=O) groups is 1. The van der Waals surface area contributed by atoms with Gasteiger partial charge in [-0.3, -0.25) is 9.89 Å². The van der Waals surface area contributed by atoms with Crippen molar-refractivity contribution in [2.75, 3.05) is 5.32 Å². The molecule has 1 amide bonds. The molecule has 1 aromatic heterocycles. The largest absolute Gasteiger partial charge is 0.307 e. The molecule has 0 spiro atoms. The van der Waals surface area contributed by atoms with Gasteiger partial charge in [-0.05, 0) is 18.6 Å². The lowest BCUT2D eigenvalue weighted by Crippen LogP contribution is -2.14. The van der Waals surface area contributed by atoms with E-state index in [1.54, 1.807) is 18.3 Å². The van der Waals surface area contributed by atoms with Crippen LogP contribution in [-0.4, -0.2) is 21.9 Å². The van der Waals surface area contributed by atoms with Crippen LogP contribution in [0.4, 0.5) is 14.6 Å². The van der Waals surface area contributed by atoms with Gasteiger partial charge in [0.15, 0.2) is 0 Å². The predicted molar refractivity (Wildman–Crippen MR) is 74.2 cm³/mol. The Kier molecular flexibility index (Phi) is 4.73. The van der Waals surface area contributed by atoms with Crippen molar-refractivity contribution in [3.63, 3.8) is 0 Å². The number of halogens is 2. The van der Waals surface area contributed by atoms with Gasteiger partial charge in [0.05, 0.1) is 11.8 Å². The van der Waals surface area contributed by atoms with E-state index in [9.17, 15) is 13.6 Å². The molecular weight excluding hydrogens is 284 g/mol. The van der Waals surface area contributed by atoms with E-state index in [-0.39, 0.29) is 10.5 Å². The maximum atomic E-state index is 12.5. The summed E-state index contributed by atoms with van der Waals surface area (Å²) in [6.07, 6.45) is 2.33. The molecule has 0 saturated heterocycles. The highest BCUT2D eigenvalue weighted by molar-refractivity contribution is 7.99. The Morgan fingerprint density at radius 1 is 1.45 bits per heavy atom. The molecule has 0 fully saturated rings.